The number of hydrogen-bond donors (Lipinski definition) is 0. The van der Waals surface area contributed by atoms with E-state index in [4.69, 9.17) is 0 Å². The number of aryl methyl sites for hydroxylation is 1. The van der Waals surface area contributed by atoms with Crippen molar-refractivity contribution in [2.24, 2.45) is 5.92 Å². The molecule has 0 fully saturated rings. The van der Waals surface area contributed by atoms with Crippen molar-refractivity contribution in [1.29, 1.82) is 5.26 Å². The van der Waals surface area contributed by atoms with E-state index in [0.717, 1.165) is 19.0 Å². The average Bonchev–Trinajstić information content (AvgIpc) is 2.85. The van der Waals surface area contributed by atoms with Crippen LogP contribution in [0.25, 0.3) is 0 Å². The van der Waals surface area contributed by atoms with Crippen molar-refractivity contribution in [3.05, 3.63) is 63.5 Å². The van der Waals surface area contributed by atoms with E-state index >= 15 is 0 Å². The molecule has 0 spiro atoms. The lowest BCUT2D eigenvalue weighted by atomic mass is 9.85. The van der Waals surface area contributed by atoms with E-state index in [1.54, 1.807) is 24.0 Å². The molecule has 1 aliphatic heterocycles. The highest BCUT2D eigenvalue weighted by Gasteiger charge is 2.43. The Kier molecular flexibility index (Phi) is 8.19. The van der Waals surface area contributed by atoms with Crippen LogP contribution in [0.1, 0.15) is 75.5 Å². The van der Waals surface area contributed by atoms with Crippen LogP contribution in [0, 0.1) is 24.2 Å². The first-order chi connectivity index (χ1) is 16.9. The van der Waals surface area contributed by atoms with E-state index in [1.807, 2.05) is 25.8 Å². The van der Waals surface area contributed by atoms with Gasteiger partial charge in [-0.3, -0.25) is 14.6 Å². The maximum absolute atomic E-state index is 13.6. The Morgan fingerprint density at radius 2 is 1.97 bits per heavy atom. The van der Waals surface area contributed by atoms with Crippen LogP contribution in [-0.2, 0) is 12.8 Å². The summed E-state index contributed by atoms with van der Waals surface area (Å²) in [6.07, 6.45) is -2.43. The number of pyridine rings is 1. The van der Waals surface area contributed by atoms with Crippen molar-refractivity contribution >= 4 is 11.7 Å². The van der Waals surface area contributed by atoms with Gasteiger partial charge >= 0.3 is 6.18 Å². The minimum Gasteiger partial charge on any atom is -0.330 e. The Hall–Kier alpha value is -3.25. The SMILES string of the molecule is CCN(C)CCc1cc(C(=O)C(C)C(F)(F)F)c2c(c1)C(=O)N(C(C)c1cc(C)c(C#N)cn1)CC2. The van der Waals surface area contributed by atoms with Crippen molar-refractivity contribution in [2.45, 2.75) is 52.8 Å². The van der Waals surface area contributed by atoms with Gasteiger partial charge in [0.15, 0.2) is 5.78 Å². The van der Waals surface area contributed by atoms with Crippen LogP contribution in [0.5, 0.6) is 0 Å². The molecule has 2 unspecified atom stereocenters. The van der Waals surface area contributed by atoms with E-state index in [-0.39, 0.29) is 30.0 Å². The molecule has 36 heavy (non-hydrogen) atoms. The van der Waals surface area contributed by atoms with Gasteiger partial charge < -0.3 is 9.80 Å². The topological polar surface area (TPSA) is 77.3 Å². The zero-order valence-electron chi connectivity index (χ0n) is 21.2. The van der Waals surface area contributed by atoms with Gasteiger partial charge in [0.2, 0.25) is 0 Å². The number of carbonyl (C=O) groups excluding carboxylic acids is 2. The Labute approximate surface area is 209 Å². The molecule has 2 aromatic rings. The van der Waals surface area contributed by atoms with Crippen molar-refractivity contribution in [1.82, 2.24) is 14.8 Å². The van der Waals surface area contributed by atoms with Crippen LogP contribution in [0.2, 0.25) is 0 Å². The molecule has 0 saturated heterocycles. The quantitative estimate of drug-likeness (QED) is 0.482. The number of ketones is 1. The van der Waals surface area contributed by atoms with E-state index in [0.29, 0.717) is 35.3 Å². The second kappa shape index (κ2) is 10.8. The molecule has 1 aromatic carbocycles. The molecule has 0 saturated carbocycles. The molecule has 0 aliphatic carbocycles. The number of amides is 1. The lowest BCUT2D eigenvalue weighted by Gasteiger charge is -2.35. The molecular weight excluding hydrogens is 469 g/mol. The first kappa shape index (κ1) is 27.3. The number of nitriles is 1. The zero-order valence-corrected chi connectivity index (χ0v) is 21.2. The van der Waals surface area contributed by atoms with Gasteiger partial charge in [-0.15, -0.1) is 0 Å². The van der Waals surface area contributed by atoms with Crippen LogP contribution in [0.4, 0.5) is 13.2 Å². The Morgan fingerprint density at radius 1 is 1.28 bits per heavy atom. The molecule has 0 radical (unpaired) electrons. The second-order valence-electron chi connectivity index (χ2n) is 9.40. The van der Waals surface area contributed by atoms with E-state index in [1.165, 1.54) is 12.3 Å². The summed E-state index contributed by atoms with van der Waals surface area (Å²) < 4.78 is 40.2. The number of aromatic nitrogens is 1. The highest BCUT2D eigenvalue weighted by atomic mass is 19.4. The molecular formula is C27H31F3N4O2. The normalized spacial score (nSPS) is 15.4. The number of hydrogen-bond acceptors (Lipinski definition) is 5. The monoisotopic (exact) mass is 500 g/mol. The minimum absolute atomic E-state index is 0.0144. The summed E-state index contributed by atoms with van der Waals surface area (Å²) in [6.45, 7) is 8.16. The summed E-state index contributed by atoms with van der Waals surface area (Å²) in [4.78, 5) is 34.6. The summed E-state index contributed by atoms with van der Waals surface area (Å²) in [5.74, 6) is -3.51. The predicted molar refractivity (Wildman–Crippen MR) is 130 cm³/mol. The van der Waals surface area contributed by atoms with Gasteiger partial charge in [-0.25, -0.2) is 0 Å². The number of rotatable bonds is 8. The molecule has 3 rings (SSSR count). The molecule has 0 N–H and O–H groups in total. The highest BCUT2D eigenvalue weighted by molar-refractivity contribution is 6.05. The number of Topliss-reactive ketones (excluding diaryl/α,β-unsaturated/α-hetero) is 1. The van der Waals surface area contributed by atoms with E-state index < -0.39 is 23.9 Å². The molecule has 1 aromatic heterocycles. The van der Waals surface area contributed by atoms with Crippen LogP contribution in [0.3, 0.4) is 0 Å². The fourth-order valence-corrected chi connectivity index (χ4v) is 4.36. The van der Waals surface area contributed by atoms with Crippen LogP contribution in [0.15, 0.2) is 24.4 Å². The van der Waals surface area contributed by atoms with Crippen molar-refractivity contribution in [2.75, 3.05) is 26.7 Å². The first-order valence-electron chi connectivity index (χ1n) is 12.0. The van der Waals surface area contributed by atoms with Crippen LogP contribution in [-0.4, -0.2) is 59.3 Å². The predicted octanol–water partition coefficient (Wildman–Crippen LogP) is 4.90. The number of alkyl halides is 3. The Balaban J connectivity index is 2.02. The largest absolute Gasteiger partial charge is 0.398 e. The van der Waals surface area contributed by atoms with Gasteiger partial charge in [0.1, 0.15) is 12.0 Å². The van der Waals surface area contributed by atoms with Crippen LogP contribution < -0.4 is 0 Å². The van der Waals surface area contributed by atoms with Gasteiger partial charge in [-0.2, -0.15) is 18.4 Å². The van der Waals surface area contributed by atoms with Crippen molar-refractivity contribution < 1.29 is 22.8 Å². The highest BCUT2D eigenvalue weighted by Crippen LogP contribution is 2.34. The number of halogens is 3. The number of likely N-dealkylation sites (N-methyl/N-ethyl adjacent to an activating group) is 1. The Morgan fingerprint density at radius 3 is 2.56 bits per heavy atom. The van der Waals surface area contributed by atoms with Crippen molar-refractivity contribution in [3.63, 3.8) is 0 Å². The maximum atomic E-state index is 13.6. The Bertz CT molecular complexity index is 1200. The summed E-state index contributed by atoms with van der Waals surface area (Å²) in [7, 11) is 1.93. The van der Waals surface area contributed by atoms with Gasteiger partial charge in [0, 0.05) is 30.4 Å². The summed E-state index contributed by atoms with van der Waals surface area (Å²) in [6, 6.07) is 6.67. The van der Waals surface area contributed by atoms with E-state index in [9.17, 15) is 28.0 Å². The summed E-state index contributed by atoms with van der Waals surface area (Å²) in [5.41, 5.74) is 3.10. The molecule has 2 atom stereocenters. The van der Waals surface area contributed by atoms with Gasteiger partial charge in [-0.05, 0) is 82.1 Å². The first-order valence-corrected chi connectivity index (χ1v) is 12.0. The number of benzene rings is 1. The summed E-state index contributed by atoms with van der Waals surface area (Å²) >= 11 is 0. The third-order valence-corrected chi connectivity index (χ3v) is 7.02. The second-order valence-corrected chi connectivity index (χ2v) is 9.40. The number of carbonyl (C=O) groups is 2. The number of fused-ring (bicyclic) bond motifs is 1. The average molecular weight is 501 g/mol. The third-order valence-electron chi connectivity index (χ3n) is 7.02. The summed E-state index contributed by atoms with van der Waals surface area (Å²) in [5, 5.41) is 9.17. The molecule has 2 heterocycles. The smallest absolute Gasteiger partial charge is 0.330 e. The maximum Gasteiger partial charge on any atom is 0.398 e. The minimum atomic E-state index is -4.67. The van der Waals surface area contributed by atoms with Gasteiger partial charge in [0.05, 0.1) is 17.3 Å². The zero-order chi connectivity index (χ0) is 26.8. The lowest BCUT2D eigenvalue weighted by Crippen LogP contribution is -2.41. The standard InChI is InChI=1S/C27H31F3N4O2/c1-6-33(5)9-7-19-12-22(25(35)17(3)27(28,29)30)21-8-10-34(26(36)23(21)13-19)18(4)24-11-16(2)20(14-31)15-32-24/h11-13,15,17-18H,6-10H2,1-5H3. The molecule has 0 bridgehead atoms. The third kappa shape index (κ3) is 5.59. The van der Waals surface area contributed by atoms with Gasteiger partial charge in [-0.1, -0.05) is 6.92 Å². The van der Waals surface area contributed by atoms with Gasteiger partial charge in [0.25, 0.3) is 5.91 Å². The fraction of sp³-hybridized carbons (Fsp3) is 0.481. The fourth-order valence-electron chi connectivity index (χ4n) is 4.36. The van der Waals surface area contributed by atoms with Crippen LogP contribution >= 0.6 is 0 Å². The molecule has 6 nitrogen and oxygen atoms in total. The molecule has 9 heteroatoms. The molecule has 1 amide bonds. The molecule has 1 aliphatic rings. The van der Waals surface area contributed by atoms with Crippen molar-refractivity contribution in [3.8, 4) is 6.07 Å². The molecule has 192 valence electrons. The lowest BCUT2D eigenvalue weighted by molar-refractivity contribution is -0.155. The number of nitrogens with zero attached hydrogens (tertiary/aromatic N) is 4. The van der Waals surface area contributed by atoms with E-state index in [2.05, 4.69) is 11.1 Å².